The average Bonchev–Trinajstić information content (AvgIpc) is 2.83. The highest BCUT2D eigenvalue weighted by atomic mass is 32.1. The van der Waals surface area contributed by atoms with E-state index >= 15 is 0 Å². The van der Waals surface area contributed by atoms with Gasteiger partial charge in [-0.1, -0.05) is 0 Å². The molecule has 2 N–H and O–H groups in total. The normalized spacial score (nSPS) is 10.7. The van der Waals surface area contributed by atoms with Gasteiger partial charge >= 0.3 is 5.97 Å². The molecular formula is C12H10N4O3S. The Labute approximate surface area is 118 Å². The average molecular weight is 290 g/mol. The monoisotopic (exact) mass is 290 g/mol. The lowest BCUT2D eigenvalue weighted by Crippen LogP contribution is -2.14. The highest BCUT2D eigenvalue weighted by molar-refractivity contribution is 7.09. The van der Waals surface area contributed by atoms with E-state index in [1.807, 2.05) is 12.3 Å². The number of rotatable bonds is 4. The van der Waals surface area contributed by atoms with Crippen molar-refractivity contribution in [1.29, 1.82) is 0 Å². The Balaban J connectivity index is 2.09. The second-order valence-electron chi connectivity index (χ2n) is 3.67. The molecule has 0 radical (unpaired) electrons. The van der Waals surface area contributed by atoms with Crippen molar-refractivity contribution in [2.24, 2.45) is 0 Å². The number of nitrogens with zero attached hydrogens (tertiary/aromatic N) is 3. The second-order valence-corrected chi connectivity index (χ2v) is 4.73. The molecule has 0 spiro atoms. The number of anilines is 1. The highest BCUT2D eigenvalue weighted by Gasteiger charge is 2.13. The van der Waals surface area contributed by atoms with E-state index in [0.29, 0.717) is 5.69 Å². The first kappa shape index (κ1) is 13.8. The number of aromatic nitrogens is 3. The number of hydrogen-bond donors (Lipinski definition) is 2. The Hall–Kier alpha value is -2.61. The lowest BCUT2D eigenvalue weighted by molar-refractivity contribution is -0.111. The fraction of sp³-hybridized carbons (Fsp3) is 0.0833. The minimum atomic E-state index is -1.26. The number of aromatic carboxylic acids is 1. The van der Waals surface area contributed by atoms with Gasteiger partial charge in [-0.15, -0.1) is 11.3 Å². The van der Waals surface area contributed by atoms with E-state index in [0.717, 1.165) is 5.01 Å². The van der Waals surface area contributed by atoms with Crippen LogP contribution in [0.1, 0.15) is 21.2 Å². The minimum absolute atomic E-state index is 0.0934. The molecule has 0 aromatic carbocycles. The molecule has 0 aliphatic rings. The Morgan fingerprint density at radius 1 is 1.35 bits per heavy atom. The number of carboxylic acids is 1. The predicted molar refractivity (Wildman–Crippen MR) is 73.5 cm³/mol. The van der Waals surface area contributed by atoms with Gasteiger partial charge in [-0.3, -0.25) is 4.79 Å². The summed E-state index contributed by atoms with van der Waals surface area (Å²) in [4.78, 5) is 34.2. The van der Waals surface area contributed by atoms with Gasteiger partial charge in [0.25, 0.3) is 0 Å². The molecule has 0 bridgehead atoms. The van der Waals surface area contributed by atoms with E-state index in [9.17, 15) is 9.59 Å². The molecule has 0 fully saturated rings. The smallest absolute Gasteiger partial charge is 0.358 e. The van der Waals surface area contributed by atoms with E-state index < -0.39 is 11.9 Å². The van der Waals surface area contributed by atoms with Crippen LogP contribution < -0.4 is 5.32 Å². The van der Waals surface area contributed by atoms with Crippen LogP contribution in [0.3, 0.4) is 0 Å². The van der Waals surface area contributed by atoms with E-state index in [1.54, 1.807) is 0 Å². The number of hydrogen-bond acceptors (Lipinski definition) is 6. The Kier molecular flexibility index (Phi) is 4.16. The molecule has 0 atom stereocenters. The van der Waals surface area contributed by atoms with Crippen LogP contribution >= 0.6 is 11.3 Å². The molecule has 8 heteroatoms. The summed E-state index contributed by atoms with van der Waals surface area (Å²) in [5.41, 5.74) is 0.360. The van der Waals surface area contributed by atoms with E-state index in [4.69, 9.17) is 5.11 Å². The fourth-order valence-electron chi connectivity index (χ4n) is 1.36. The maximum atomic E-state index is 11.7. The molecule has 0 aliphatic carbocycles. The standard InChI is InChI=1S/C12H10N4O3S/c1-7-15-8(6-20-7)2-3-9(17)16-11-10(12(18)19)13-4-5-14-11/h2-6H,1H3,(H,18,19)(H,14,16,17). The molecule has 2 heterocycles. The zero-order chi connectivity index (χ0) is 14.5. The molecule has 0 saturated heterocycles. The minimum Gasteiger partial charge on any atom is -0.476 e. The number of nitrogens with one attached hydrogen (secondary N) is 1. The van der Waals surface area contributed by atoms with Crippen LogP contribution in [0.25, 0.3) is 6.08 Å². The van der Waals surface area contributed by atoms with Gasteiger partial charge in [0.2, 0.25) is 5.91 Å². The molecule has 20 heavy (non-hydrogen) atoms. The summed E-state index contributed by atoms with van der Waals surface area (Å²) in [5, 5.41) is 14.0. The van der Waals surface area contributed by atoms with Crippen LogP contribution in [0.5, 0.6) is 0 Å². The molecule has 2 aromatic heterocycles. The quantitative estimate of drug-likeness (QED) is 0.828. The Bertz CT molecular complexity index is 681. The van der Waals surface area contributed by atoms with Gasteiger partial charge in [0.05, 0.1) is 10.7 Å². The summed E-state index contributed by atoms with van der Waals surface area (Å²) in [6.07, 6.45) is 5.34. The van der Waals surface area contributed by atoms with E-state index in [2.05, 4.69) is 20.3 Å². The molecular weight excluding hydrogens is 280 g/mol. The maximum absolute atomic E-state index is 11.7. The van der Waals surface area contributed by atoms with Crippen LogP contribution in [0.4, 0.5) is 5.82 Å². The van der Waals surface area contributed by atoms with Gasteiger partial charge in [-0.2, -0.15) is 0 Å². The maximum Gasteiger partial charge on any atom is 0.358 e. The van der Waals surface area contributed by atoms with Crippen molar-refractivity contribution < 1.29 is 14.7 Å². The van der Waals surface area contributed by atoms with Crippen molar-refractivity contribution in [3.63, 3.8) is 0 Å². The number of carbonyl (C=O) groups is 2. The third-order valence-electron chi connectivity index (χ3n) is 2.18. The Morgan fingerprint density at radius 2 is 2.10 bits per heavy atom. The molecule has 0 aliphatic heterocycles. The number of amides is 1. The van der Waals surface area contributed by atoms with Crippen molar-refractivity contribution in [2.45, 2.75) is 6.92 Å². The zero-order valence-corrected chi connectivity index (χ0v) is 11.2. The number of thiazole rings is 1. The summed E-state index contributed by atoms with van der Waals surface area (Å²) in [7, 11) is 0. The van der Waals surface area contributed by atoms with Gasteiger partial charge in [0.1, 0.15) is 0 Å². The second kappa shape index (κ2) is 6.02. The van der Waals surface area contributed by atoms with Crippen molar-refractivity contribution in [3.05, 3.63) is 40.2 Å². The molecule has 0 unspecified atom stereocenters. The van der Waals surface area contributed by atoms with Crippen molar-refractivity contribution in [2.75, 3.05) is 5.32 Å². The van der Waals surface area contributed by atoms with Crippen LogP contribution in [0, 0.1) is 6.92 Å². The lowest BCUT2D eigenvalue weighted by Gasteiger charge is -2.03. The third kappa shape index (κ3) is 3.45. The number of carbonyl (C=O) groups excluding carboxylic acids is 1. The molecule has 2 aromatic rings. The molecule has 0 saturated carbocycles. The molecule has 102 valence electrons. The fourth-order valence-corrected chi connectivity index (χ4v) is 1.94. The summed E-state index contributed by atoms with van der Waals surface area (Å²) < 4.78 is 0. The first-order valence-corrected chi connectivity index (χ1v) is 6.39. The highest BCUT2D eigenvalue weighted by Crippen LogP contribution is 2.10. The van der Waals surface area contributed by atoms with Gasteiger partial charge in [-0.05, 0) is 13.0 Å². The van der Waals surface area contributed by atoms with Crippen LogP contribution in [0.15, 0.2) is 23.8 Å². The number of carboxylic acid groups (broad SMARTS) is 1. The zero-order valence-electron chi connectivity index (χ0n) is 10.4. The first-order chi connectivity index (χ1) is 9.56. The summed E-state index contributed by atoms with van der Waals surface area (Å²) in [6, 6.07) is 0. The van der Waals surface area contributed by atoms with Gasteiger partial charge < -0.3 is 10.4 Å². The van der Waals surface area contributed by atoms with Crippen LogP contribution in [0.2, 0.25) is 0 Å². The van der Waals surface area contributed by atoms with Gasteiger partial charge in [0.15, 0.2) is 11.5 Å². The molecule has 2 rings (SSSR count). The van der Waals surface area contributed by atoms with Crippen LogP contribution in [-0.4, -0.2) is 31.9 Å². The van der Waals surface area contributed by atoms with E-state index in [-0.39, 0.29) is 11.5 Å². The topological polar surface area (TPSA) is 105 Å². The first-order valence-electron chi connectivity index (χ1n) is 5.52. The molecule has 1 amide bonds. The van der Waals surface area contributed by atoms with E-state index in [1.165, 1.54) is 35.9 Å². The van der Waals surface area contributed by atoms with Crippen molar-refractivity contribution in [1.82, 2.24) is 15.0 Å². The van der Waals surface area contributed by atoms with Gasteiger partial charge in [0, 0.05) is 23.8 Å². The predicted octanol–water partition coefficient (Wildman–Crippen LogP) is 1.59. The van der Waals surface area contributed by atoms with Crippen molar-refractivity contribution >= 4 is 35.1 Å². The summed E-state index contributed by atoms with van der Waals surface area (Å²) >= 11 is 1.47. The number of aryl methyl sites for hydroxylation is 1. The largest absolute Gasteiger partial charge is 0.476 e. The lowest BCUT2D eigenvalue weighted by atomic mass is 10.3. The molecule has 7 nitrogen and oxygen atoms in total. The summed E-state index contributed by atoms with van der Waals surface area (Å²) in [5.74, 6) is -1.85. The Morgan fingerprint density at radius 3 is 2.75 bits per heavy atom. The van der Waals surface area contributed by atoms with Gasteiger partial charge in [-0.25, -0.2) is 19.7 Å². The SMILES string of the molecule is Cc1nc(C=CC(=O)Nc2nccnc2C(=O)O)cs1. The van der Waals surface area contributed by atoms with Crippen LogP contribution in [-0.2, 0) is 4.79 Å². The third-order valence-corrected chi connectivity index (χ3v) is 2.98. The van der Waals surface area contributed by atoms with Crippen molar-refractivity contribution in [3.8, 4) is 0 Å². The summed E-state index contributed by atoms with van der Waals surface area (Å²) in [6.45, 7) is 1.86.